The summed E-state index contributed by atoms with van der Waals surface area (Å²) in [4.78, 5) is 23.1. The van der Waals surface area contributed by atoms with E-state index in [1.807, 2.05) is 0 Å². The van der Waals surface area contributed by atoms with Gasteiger partial charge < -0.3 is 14.2 Å². The van der Waals surface area contributed by atoms with Crippen molar-refractivity contribution in [1.29, 1.82) is 0 Å². The van der Waals surface area contributed by atoms with Crippen LogP contribution in [-0.4, -0.2) is 33.1 Å². The van der Waals surface area contributed by atoms with E-state index in [0.717, 1.165) is 0 Å². The first-order valence-electron chi connectivity index (χ1n) is 5.71. The van der Waals surface area contributed by atoms with Crippen molar-refractivity contribution in [3.05, 3.63) is 17.7 Å². The summed E-state index contributed by atoms with van der Waals surface area (Å²) in [6, 6.07) is 2.97. The third kappa shape index (κ3) is 3.37. The Morgan fingerprint density at radius 1 is 1.05 bits per heavy atom. The van der Waals surface area contributed by atoms with Gasteiger partial charge >= 0.3 is 0 Å². The molecule has 0 atom stereocenters. The van der Waals surface area contributed by atoms with E-state index in [-0.39, 0.29) is 17.9 Å². The van der Waals surface area contributed by atoms with E-state index >= 15 is 0 Å². The molecule has 1 aromatic rings. The zero-order valence-electron chi connectivity index (χ0n) is 11.4. The van der Waals surface area contributed by atoms with E-state index < -0.39 is 5.91 Å². The first kappa shape index (κ1) is 14.8. The minimum Gasteiger partial charge on any atom is -0.493 e. The van der Waals surface area contributed by atoms with Crippen LogP contribution in [0.25, 0.3) is 0 Å². The maximum absolute atomic E-state index is 11.9. The molecule has 1 N–H and O–H groups in total. The lowest BCUT2D eigenvalue weighted by atomic mass is 10.1. The third-order valence-corrected chi connectivity index (χ3v) is 2.50. The predicted octanol–water partition coefficient (Wildman–Crippen LogP) is 1.38. The highest BCUT2D eigenvalue weighted by Crippen LogP contribution is 2.38. The average molecular weight is 267 g/mol. The van der Waals surface area contributed by atoms with E-state index in [2.05, 4.69) is 5.32 Å². The van der Waals surface area contributed by atoms with Crippen LogP contribution in [0.3, 0.4) is 0 Å². The van der Waals surface area contributed by atoms with Gasteiger partial charge in [-0.05, 0) is 12.1 Å². The van der Waals surface area contributed by atoms with E-state index in [1.54, 1.807) is 6.92 Å². The molecule has 0 aromatic heterocycles. The van der Waals surface area contributed by atoms with Crippen molar-refractivity contribution in [3.8, 4) is 17.2 Å². The molecule has 6 heteroatoms. The predicted molar refractivity (Wildman–Crippen MR) is 68.9 cm³/mol. The smallest absolute Gasteiger partial charge is 0.258 e. The summed E-state index contributed by atoms with van der Waals surface area (Å²) in [5, 5.41) is 2.26. The SMILES string of the molecule is CCC(=O)NC(=O)c1cc(OC)c(OC)c(OC)c1. The van der Waals surface area contributed by atoms with Crippen molar-refractivity contribution in [2.45, 2.75) is 13.3 Å². The summed E-state index contributed by atoms with van der Waals surface area (Å²) < 4.78 is 15.4. The van der Waals surface area contributed by atoms with Crippen LogP contribution in [0.5, 0.6) is 17.2 Å². The highest BCUT2D eigenvalue weighted by molar-refractivity contribution is 6.05. The molecule has 0 radical (unpaired) electrons. The van der Waals surface area contributed by atoms with E-state index in [1.165, 1.54) is 33.5 Å². The first-order chi connectivity index (χ1) is 9.07. The van der Waals surface area contributed by atoms with Gasteiger partial charge in [0.15, 0.2) is 11.5 Å². The van der Waals surface area contributed by atoms with Crippen LogP contribution in [0.4, 0.5) is 0 Å². The van der Waals surface area contributed by atoms with Gasteiger partial charge in [-0.1, -0.05) is 6.92 Å². The van der Waals surface area contributed by atoms with Gasteiger partial charge in [0, 0.05) is 12.0 Å². The van der Waals surface area contributed by atoms with Gasteiger partial charge in [0.1, 0.15) is 0 Å². The van der Waals surface area contributed by atoms with Gasteiger partial charge in [-0.15, -0.1) is 0 Å². The number of carbonyl (C=O) groups excluding carboxylic acids is 2. The van der Waals surface area contributed by atoms with Crippen molar-refractivity contribution in [1.82, 2.24) is 5.32 Å². The Hall–Kier alpha value is -2.24. The molecule has 0 saturated carbocycles. The molecule has 0 unspecified atom stereocenters. The number of imide groups is 1. The minimum atomic E-state index is -0.508. The molecule has 0 aliphatic heterocycles. The number of nitrogens with one attached hydrogen (secondary N) is 1. The molecule has 0 bridgehead atoms. The summed E-state index contributed by atoms with van der Waals surface area (Å²) in [6.07, 6.45) is 0.232. The minimum absolute atomic E-state index is 0.232. The van der Waals surface area contributed by atoms with E-state index in [4.69, 9.17) is 14.2 Å². The summed E-state index contributed by atoms with van der Waals surface area (Å²) in [5.41, 5.74) is 0.260. The monoisotopic (exact) mass is 267 g/mol. The van der Waals surface area contributed by atoms with Crippen LogP contribution in [0, 0.1) is 0 Å². The number of rotatable bonds is 5. The fraction of sp³-hybridized carbons (Fsp3) is 0.385. The molecule has 1 rings (SSSR count). The second-order valence-corrected chi connectivity index (χ2v) is 3.64. The molecule has 0 saturated heterocycles. The van der Waals surface area contributed by atoms with Gasteiger partial charge in [0.25, 0.3) is 5.91 Å². The van der Waals surface area contributed by atoms with Gasteiger partial charge in [0.05, 0.1) is 21.3 Å². The fourth-order valence-electron chi connectivity index (χ4n) is 1.50. The van der Waals surface area contributed by atoms with Crippen molar-refractivity contribution in [2.75, 3.05) is 21.3 Å². The Labute approximate surface area is 111 Å². The zero-order chi connectivity index (χ0) is 14.4. The van der Waals surface area contributed by atoms with Crippen LogP contribution in [0.2, 0.25) is 0 Å². The van der Waals surface area contributed by atoms with Crippen molar-refractivity contribution in [3.63, 3.8) is 0 Å². The zero-order valence-corrected chi connectivity index (χ0v) is 11.4. The van der Waals surface area contributed by atoms with Crippen LogP contribution < -0.4 is 19.5 Å². The summed E-state index contributed by atoms with van der Waals surface area (Å²) in [5.74, 6) is 0.250. The summed E-state index contributed by atoms with van der Waals surface area (Å²) in [7, 11) is 4.38. The topological polar surface area (TPSA) is 73.9 Å². The number of methoxy groups -OCH3 is 3. The Kier molecular flexibility index (Phi) is 5.17. The molecule has 0 aliphatic rings. The number of benzene rings is 1. The van der Waals surface area contributed by atoms with Crippen molar-refractivity contribution in [2.24, 2.45) is 0 Å². The Morgan fingerprint density at radius 2 is 1.58 bits per heavy atom. The molecule has 0 spiro atoms. The molecule has 0 fully saturated rings. The third-order valence-electron chi connectivity index (χ3n) is 2.50. The Bertz CT molecular complexity index is 459. The Balaban J connectivity index is 3.15. The van der Waals surface area contributed by atoms with Crippen LogP contribution in [-0.2, 0) is 4.79 Å². The number of ether oxygens (including phenoxy) is 3. The standard InChI is InChI=1S/C13H17NO5/c1-5-11(15)14-13(16)8-6-9(17-2)12(19-4)10(7-8)18-3/h6-7H,5H2,1-4H3,(H,14,15,16). The second kappa shape index (κ2) is 6.63. The molecule has 6 nitrogen and oxygen atoms in total. The molecule has 0 aliphatic carbocycles. The number of amides is 2. The molecule has 1 aromatic carbocycles. The number of carbonyl (C=O) groups is 2. The summed E-state index contributed by atoms with van der Waals surface area (Å²) in [6.45, 7) is 1.66. The normalized spacial score (nSPS) is 9.68. The molecule has 2 amide bonds. The average Bonchev–Trinajstić information content (AvgIpc) is 2.44. The second-order valence-electron chi connectivity index (χ2n) is 3.64. The molecule has 0 heterocycles. The number of hydrogen-bond acceptors (Lipinski definition) is 5. The number of hydrogen-bond donors (Lipinski definition) is 1. The largest absolute Gasteiger partial charge is 0.493 e. The van der Waals surface area contributed by atoms with Crippen LogP contribution >= 0.6 is 0 Å². The lowest BCUT2D eigenvalue weighted by Gasteiger charge is -2.13. The van der Waals surface area contributed by atoms with Gasteiger partial charge in [0.2, 0.25) is 11.7 Å². The molecular formula is C13H17NO5. The molecular weight excluding hydrogens is 250 g/mol. The van der Waals surface area contributed by atoms with Gasteiger partial charge in [-0.3, -0.25) is 14.9 Å². The van der Waals surface area contributed by atoms with Crippen molar-refractivity contribution < 1.29 is 23.8 Å². The lowest BCUT2D eigenvalue weighted by molar-refractivity contribution is -0.119. The van der Waals surface area contributed by atoms with Crippen LogP contribution in [0.1, 0.15) is 23.7 Å². The van der Waals surface area contributed by atoms with E-state index in [0.29, 0.717) is 17.2 Å². The van der Waals surface area contributed by atoms with Gasteiger partial charge in [-0.2, -0.15) is 0 Å². The summed E-state index contributed by atoms with van der Waals surface area (Å²) >= 11 is 0. The quantitative estimate of drug-likeness (QED) is 0.872. The highest BCUT2D eigenvalue weighted by atomic mass is 16.5. The molecule has 19 heavy (non-hydrogen) atoms. The van der Waals surface area contributed by atoms with Gasteiger partial charge in [-0.25, -0.2) is 0 Å². The van der Waals surface area contributed by atoms with E-state index in [9.17, 15) is 9.59 Å². The highest BCUT2D eigenvalue weighted by Gasteiger charge is 2.17. The maximum atomic E-state index is 11.9. The molecule has 104 valence electrons. The Morgan fingerprint density at radius 3 is 1.95 bits per heavy atom. The fourth-order valence-corrected chi connectivity index (χ4v) is 1.50. The lowest BCUT2D eigenvalue weighted by Crippen LogP contribution is -2.29. The maximum Gasteiger partial charge on any atom is 0.258 e. The first-order valence-corrected chi connectivity index (χ1v) is 5.71. The van der Waals surface area contributed by atoms with Crippen molar-refractivity contribution >= 4 is 11.8 Å². The van der Waals surface area contributed by atoms with Crippen LogP contribution in [0.15, 0.2) is 12.1 Å².